The van der Waals surface area contributed by atoms with Gasteiger partial charge >= 0.3 is 0 Å². The highest BCUT2D eigenvalue weighted by Crippen LogP contribution is 2.29. The zero-order chi connectivity index (χ0) is 17.1. The van der Waals surface area contributed by atoms with E-state index in [0.29, 0.717) is 11.9 Å². The van der Waals surface area contributed by atoms with E-state index in [-0.39, 0.29) is 18.3 Å². The number of benzene rings is 2. The predicted molar refractivity (Wildman–Crippen MR) is 110 cm³/mol. The molecule has 2 aromatic carbocycles. The molecule has 0 atom stereocenters. The molecule has 140 valence electrons. The largest absolute Gasteiger partial charge is 0.335 e. The quantitative estimate of drug-likeness (QED) is 0.854. The molecular weight excluding hydrogens is 344 g/mol. The normalized spacial score (nSPS) is 18.6. The van der Waals surface area contributed by atoms with Crippen molar-refractivity contribution in [2.75, 3.05) is 13.1 Å². The number of fused-ring (bicyclic) bond motifs is 1. The van der Waals surface area contributed by atoms with E-state index >= 15 is 0 Å². The Labute approximate surface area is 162 Å². The summed E-state index contributed by atoms with van der Waals surface area (Å²) < 4.78 is 0. The molecule has 1 aliphatic heterocycles. The fourth-order valence-electron chi connectivity index (χ4n) is 4.52. The van der Waals surface area contributed by atoms with Gasteiger partial charge in [0.05, 0.1) is 0 Å². The number of halogens is 1. The predicted octanol–water partition coefficient (Wildman–Crippen LogP) is 4.53. The van der Waals surface area contributed by atoms with Crippen molar-refractivity contribution in [2.24, 2.45) is 5.92 Å². The first kappa shape index (κ1) is 19.2. The maximum absolute atomic E-state index is 13.3. The molecule has 26 heavy (non-hydrogen) atoms. The Morgan fingerprint density at radius 3 is 2.42 bits per heavy atom. The molecule has 4 heteroatoms. The second kappa shape index (κ2) is 8.88. The van der Waals surface area contributed by atoms with Gasteiger partial charge in [-0.2, -0.15) is 0 Å². The van der Waals surface area contributed by atoms with E-state index in [4.69, 9.17) is 0 Å². The first-order valence-electron chi connectivity index (χ1n) is 9.81. The van der Waals surface area contributed by atoms with Gasteiger partial charge in [0.1, 0.15) is 0 Å². The van der Waals surface area contributed by atoms with E-state index in [2.05, 4.69) is 52.7 Å². The van der Waals surface area contributed by atoms with Crippen LogP contribution in [-0.2, 0) is 11.3 Å². The smallest absolute Gasteiger partial charge is 0.226 e. The van der Waals surface area contributed by atoms with Crippen molar-refractivity contribution in [3.8, 4) is 0 Å². The van der Waals surface area contributed by atoms with Crippen molar-refractivity contribution < 1.29 is 4.79 Å². The summed E-state index contributed by atoms with van der Waals surface area (Å²) in [5, 5.41) is 5.93. The van der Waals surface area contributed by atoms with Crippen LogP contribution in [-0.4, -0.2) is 29.9 Å². The number of rotatable bonds is 4. The van der Waals surface area contributed by atoms with Crippen molar-refractivity contribution in [3.05, 3.63) is 48.0 Å². The van der Waals surface area contributed by atoms with Gasteiger partial charge in [-0.25, -0.2) is 0 Å². The molecule has 1 amide bonds. The maximum Gasteiger partial charge on any atom is 0.226 e. The third-order valence-electron chi connectivity index (χ3n) is 5.96. The van der Waals surface area contributed by atoms with Gasteiger partial charge in [-0.3, -0.25) is 4.79 Å². The van der Waals surface area contributed by atoms with Crippen molar-refractivity contribution in [3.63, 3.8) is 0 Å². The van der Waals surface area contributed by atoms with Gasteiger partial charge in [0, 0.05) is 18.5 Å². The highest BCUT2D eigenvalue weighted by Gasteiger charge is 2.32. The van der Waals surface area contributed by atoms with Crippen molar-refractivity contribution >= 4 is 29.1 Å². The number of hydrogen-bond acceptors (Lipinski definition) is 2. The minimum absolute atomic E-state index is 0. The molecular formula is C22H29ClN2O. The van der Waals surface area contributed by atoms with Gasteiger partial charge in [0.15, 0.2) is 0 Å². The SMILES string of the molecule is Cl.O=C(C1CCNCC1)N(Cc1cccc2ccccc12)C1CCCC1. The molecule has 1 saturated heterocycles. The van der Waals surface area contributed by atoms with E-state index in [1.54, 1.807) is 0 Å². The van der Waals surface area contributed by atoms with E-state index < -0.39 is 0 Å². The van der Waals surface area contributed by atoms with Crippen molar-refractivity contribution in [1.82, 2.24) is 10.2 Å². The Bertz CT molecular complexity index is 731. The molecule has 2 fully saturated rings. The summed E-state index contributed by atoms with van der Waals surface area (Å²) in [6.45, 7) is 2.71. The second-order valence-electron chi connectivity index (χ2n) is 7.57. The monoisotopic (exact) mass is 372 g/mol. The third kappa shape index (κ3) is 4.05. The molecule has 0 aromatic heterocycles. The minimum Gasteiger partial charge on any atom is -0.335 e. The molecule has 4 rings (SSSR count). The second-order valence-corrected chi connectivity index (χ2v) is 7.57. The van der Waals surface area contributed by atoms with Gasteiger partial charge in [0.2, 0.25) is 5.91 Å². The summed E-state index contributed by atoms with van der Waals surface area (Å²) in [5.41, 5.74) is 1.28. The van der Waals surface area contributed by atoms with Crippen LogP contribution in [0.3, 0.4) is 0 Å². The fraction of sp³-hybridized carbons (Fsp3) is 0.500. The Kier molecular flexibility index (Phi) is 6.55. The first-order valence-corrected chi connectivity index (χ1v) is 9.81. The van der Waals surface area contributed by atoms with Crippen LogP contribution in [0, 0.1) is 5.92 Å². The number of hydrogen-bond donors (Lipinski definition) is 1. The highest BCUT2D eigenvalue weighted by molar-refractivity contribution is 5.86. The van der Waals surface area contributed by atoms with Crippen LogP contribution in [0.4, 0.5) is 0 Å². The topological polar surface area (TPSA) is 32.3 Å². The Morgan fingerprint density at radius 1 is 0.962 bits per heavy atom. The van der Waals surface area contributed by atoms with Crippen LogP contribution < -0.4 is 5.32 Å². The van der Waals surface area contributed by atoms with Crippen LogP contribution in [0.1, 0.15) is 44.1 Å². The average molecular weight is 373 g/mol. The van der Waals surface area contributed by atoms with Crippen molar-refractivity contribution in [2.45, 2.75) is 51.1 Å². The van der Waals surface area contributed by atoms with Gasteiger partial charge < -0.3 is 10.2 Å². The van der Waals surface area contributed by atoms with Gasteiger partial charge in [-0.05, 0) is 55.1 Å². The summed E-state index contributed by atoms with van der Waals surface area (Å²) in [6, 6.07) is 15.4. The van der Waals surface area contributed by atoms with Crippen LogP contribution in [0.5, 0.6) is 0 Å². The number of carbonyl (C=O) groups is 1. The number of nitrogens with zero attached hydrogens (tertiary/aromatic N) is 1. The van der Waals surface area contributed by atoms with Gasteiger partial charge in [0.25, 0.3) is 0 Å². The lowest BCUT2D eigenvalue weighted by Crippen LogP contribution is -2.44. The van der Waals surface area contributed by atoms with E-state index in [1.165, 1.54) is 42.0 Å². The van der Waals surface area contributed by atoms with E-state index in [9.17, 15) is 4.79 Å². The standard InChI is InChI=1S/C22H28N2O.ClH/c25-22(18-12-14-23-15-13-18)24(20-9-2-3-10-20)16-19-8-5-7-17-6-1-4-11-21(17)19;/h1,4-8,11,18,20,23H,2-3,9-10,12-16H2;1H. The molecule has 1 N–H and O–H groups in total. The number of piperidine rings is 1. The van der Waals surface area contributed by atoms with E-state index in [1.807, 2.05) is 0 Å². The molecule has 2 aromatic rings. The molecule has 0 spiro atoms. The summed E-state index contributed by atoms with van der Waals surface area (Å²) in [5.74, 6) is 0.596. The van der Waals surface area contributed by atoms with E-state index in [0.717, 1.165) is 32.5 Å². The maximum atomic E-state index is 13.3. The number of carbonyl (C=O) groups excluding carboxylic acids is 1. The Balaban J connectivity index is 0.00000196. The number of amides is 1. The summed E-state index contributed by atoms with van der Waals surface area (Å²) in [7, 11) is 0. The van der Waals surface area contributed by atoms with Crippen LogP contribution in [0.15, 0.2) is 42.5 Å². The van der Waals surface area contributed by atoms with Gasteiger partial charge in [-0.1, -0.05) is 55.3 Å². The molecule has 1 saturated carbocycles. The summed E-state index contributed by atoms with van der Waals surface area (Å²) in [6.07, 6.45) is 6.82. The first-order chi connectivity index (χ1) is 12.3. The molecule has 0 unspecified atom stereocenters. The molecule has 1 aliphatic carbocycles. The summed E-state index contributed by atoms with van der Waals surface area (Å²) >= 11 is 0. The lowest BCUT2D eigenvalue weighted by atomic mass is 9.95. The molecule has 0 radical (unpaired) electrons. The molecule has 2 aliphatic rings. The lowest BCUT2D eigenvalue weighted by Gasteiger charge is -2.34. The van der Waals surface area contributed by atoms with Crippen molar-refractivity contribution in [1.29, 1.82) is 0 Å². The third-order valence-corrected chi connectivity index (χ3v) is 5.96. The lowest BCUT2D eigenvalue weighted by molar-refractivity contribution is -0.139. The fourth-order valence-corrected chi connectivity index (χ4v) is 4.52. The highest BCUT2D eigenvalue weighted by atomic mass is 35.5. The zero-order valence-corrected chi connectivity index (χ0v) is 16.1. The average Bonchev–Trinajstić information content (AvgIpc) is 3.21. The van der Waals surface area contributed by atoms with Crippen LogP contribution in [0.2, 0.25) is 0 Å². The molecule has 0 bridgehead atoms. The molecule has 1 heterocycles. The number of nitrogens with one attached hydrogen (secondary N) is 1. The molecule has 3 nitrogen and oxygen atoms in total. The van der Waals surface area contributed by atoms with Crippen LogP contribution in [0.25, 0.3) is 10.8 Å². The zero-order valence-electron chi connectivity index (χ0n) is 15.3. The summed E-state index contributed by atoms with van der Waals surface area (Å²) in [4.78, 5) is 15.6. The van der Waals surface area contributed by atoms with Crippen LogP contribution >= 0.6 is 12.4 Å². The Morgan fingerprint density at radius 2 is 1.65 bits per heavy atom. The Hall–Kier alpha value is -1.58. The minimum atomic E-state index is 0. The van der Waals surface area contributed by atoms with Gasteiger partial charge in [-0.15, -0.1) is 12.4 Å².